The molecule has 0 aliphatic carbocycles. The standard InChI is InChI=1S/C16H23NO3/c1-3-16(19)9-10-17(11-13(16)2)15(18)20-12-14-7-5-4-6-8-14/h4-8,13,19H,3,9-12H2,1-2H3. The molecular formula is C16H23NO3. The summed E-state index contributed by atoms with van der Waals surface area (Å²) in [6, 6.07) is 9.65. The van der Waals surface area contributed by atoms with E-state index >= 15 is 0 Å². The van der Waals surface area contributed by atoms with E-state index in [-0.39, 0.29) is 12.0 Å². The van der Waals surface area contributed by atoms with Gasteiger partial charge in [0.2, 0.25) is 0 Å². The zero-order valence-corrected chi connectivity index (χ0v) is 12.2. The number of likely N-dealkylation sites (tertiary alicyclic amines) is 1. The fourth-order valence-electron chi connectivity index (χ4n) is 2.67. The number of rotatable bonds is 3. The molecule has 1 aromatic carbocycles. The second-order valence-corrected chi connectivity index (χ2v) is 5.59. The molecule has 1 fully saturated rings. The van der Waals surface area contributed by atoms with Crippen LogP contribution in [0.1, 0.15) is 32.3 Å². The Morgan fingerprint density at radius 2 is 2.15 bits per heavy atom. The first-order valence-electron chi connectivity index (χ1n) is 7.23. The Balaban J connectivity index is 1.85. The molecule has 1 aromatic rings. The lowest BCUT2D eigenvalue weighted by Gasteiger charge is -2.42. The molecule has 1 aliphatic heterocycles. The average molecular weight is 277 g/mol. The maximum atomic E-state index is 12.0. The monoisotopic (exact) mass is 277 g/mol. The molecule has 0 aromatic heterocycles. The van der Waals surface area contributed by atoms with E-state index in [9.17, 15) is 9.90 Å². The van der Waals surface area contributed by atoms with Gasteiger partial charge in [-0.05, 0) is 18.4 Å². The zero-order valence-electron chi connectivity index (χ0n) is 12.2. The van der Waals surface area contributed by atoms with Gasteiger partial charge in [-0.3, -0.25) is 0 Å². The quantitative estimate of drug-likeness (QED) is 0.924. The van der Waals surface area contributed by atoms with Gasteiger partial charge in [0.1, 0.15) is 6.61 Å². The molecule has 0 spiro atoms. The van der Waals surface area contributed by atoms with Gasteiger partial charge in [-0.15, -0.1) is 0 Å². The van der Waals surface area contributed by atoms with E-state index in [1.165, 1.54) is 0 Å². The van der Waals surface area contributed by atoms with Crippen molar-refractivity contribution in [1.29, 1.82) is 0 Å². The molecule has 110 valence electrons. The third-order valence-electron chi connectivity index (χ3n) is 4.30. The van der Waals surface area contributed by atoms with Crippen LogP contribution in [0.2, 0.25) is 0 Å². The first-order valence-corrected chi connectivity index (χ1v) is 7.23. The summed E-state index contributed by atoms with van der Waals surface area (Å²) in [5.74, 6) is 0.0746. The second kappa shape index (κ2) is 6.27. The van der Waals surface area contributed by atoms with Crippen LogP contribution in [0.4, 0.5) is 4.79 Å². The lowest BCUT2D eigenvalue weighted by molar-refractivity contribution is -0.0648. The average Bonchev–Trinajstić information content (AvgIpc) is 2.48. The molecule has 0 bridgehead atoms. The van der Waals surface area contributed by atoms with Crippen LogP contribution < -0.4 is 0 Å². The Morgan fingerprint density at radius 1 is 1.45 bits per heavy atom. The summed E-state index contributed by atoms with van der Waals surface area (Å²) in [5, 5.41) is 10.4. The topological polar surface area (TPSA) is 49.8 Å². The Hall–Kier alpha value is -1.55. The summed E-state index contributed by atoms with van der Waals surface area (Å²) in [6.45, 7) is 5.38. The predicted molar refractivity (Wildman–Crippen MR) is 77.2 cm³/mol. The fraction of sp³-hybridized carbons (Fsp3) is 0.562. The number of carbonyl (C=O) groups is 1. The molecule has 2 atom stereocenters. The van der Waals surface area contributed by atoms with E-state index in [1.54, 1.807) is 4.90 Å². The molecule has 1 N–H and O–H groups in total. The minimum atomic E-state index is -0.643. The van der Waals surface area contributed by atoms with Crippen LogP contribution in [0, 0.1) is 5.92 Å². The van der Waals surface area contributed by atoms with Crippen molar-refractivity contribution in [3.8, 4) is 0 Å². The van der Waals surface area contributed by atoms with E-state index < -0.39 is 5.60 Å². The van der Waals surface area contributed by atoms with Gasteiger partial charge in [0.25, 0.3) is 0 Å². The Labute approximate surface area is 120 Å². The number of hydrogen-bond donors (Lipinski definition) is 1. The molecule has 2 rings (SSSR count). The van der Waals surface area contributed by atoms with E-state index in [4.69, 9.17) is 4.74 Å². The van der Waals surface area contributed by atoms with E-state index in [0.717, 1.165) is 12.0 Å². The number of ether oxygens (including phenoxy) is 1. The van der Waals surface area contributed by atoms with Crippen molar-refractivity contribution in [3.05, 3.63) is 35.9 Å². The van der Waals surface area contributed by atoms with Crippen LogP contribution in [0.25, 0.3) is 0 Å². The van der Waals surface area contributed by atoms with Gasteiger partial charge in [-0.2, -0.15) is 0 Å². The molecular weight excluding hydrogens is 254 g/mol. The number of hydrogen-bond acceptors (Lipinski definition) is 3. The molecule has 1 aliphatic rings. The summed E-state index contributed by atoms with van der Waals surface area (Å²) in [6.07, 6.45) is 1.05. The second-order valence-electron chi connectivity index (χ2n) is 5.59. The zero-order chi connectivity index (χ0) is 14.6. The molecule has 4 heteroatoms. The van der Waals surface area contributed by atoms with Gasteiger partial charge in [0.05, 0.1) is 5.60 Å². The minimum Gasteiger partial charge on any atom is -0.445 e. The Bertz CT molecular complexity index is 448. The van der Waals surface area contributed by atoms with Crippen LogP contribution in [-0.2, 0) is 11.3 Å². The molecule has 1 heterocycles. The van der Waals surface area contributed by atoms with Gasteiger partial charge in [0, 0.05) is 19.0 Å². The van der Waals surface area contributed by atoms with Crippen LogP contribution in [-0.4, -0.2) is 34.8 Å². The first-order chi connectivity index (χ1) is 9.55. The number of aliphatic hydroxyl groups is 1. The lowest BCUT2D eigenvalue weighted by Crippen LogP contribution is -2.52. The summed E-state index contributed by atoms with van der Waals surface area (Å²) in [4.78, 5) is 13.7. The SMILES string of the molecule is CCC1(O)CCN(C(=O)OCc2ccccc2)CC1C. The summed E-state index contributed by atoms with van der Waals surface area (Å²) in [7, 11) is 0. The van der Waals surface area contributed by atoms with Crippen LogP contribution >= 0.6 is 0 Å². The van der Waals surface area contributed by atoms with Crippen LogP contribution in [0.5, 0.6) is 0 Å². The van der Waals surface area contributed by atoms with Crippen molar-refractivity contribution >= 4 is 6.09 Å². The van der Waals surface area contributed by atoms with Gasteiger partial charge >= 0.3 is 6.09 Å². The third-order valence-corrected chi connectivity index (χ3v) is 4.30. The number of benzene rings is 1. The van der Waals surface area contributed by atoms with Crippen molar-refractivity contribution in [2.24, 2.45) is 5.92 Å². The Kier molecular flexibility index (Phi) is 4.65. The van der Waals surface area contributed by atoms with E-state index in [1.807, 2.05) is 44.2 Å². The van der Waals surface area contributed by atoms with Crippen molar-refractivity contribution in [3.63, 3.8) is 0 Å². The molecule has 2 unspecified atom stereocenters. The smallest absolute Gasteiger partial charge is 0.410 e. The molecule has 20 heavy (non-hydrogen) atoms. The van der Waals surface area contributed by atoms with Crippen LogP contribution in [0.3, 0.4) is 0 Å². The fourth-order valence-corrected chi connectivity index (χ4v) is 2.67. The predicted octanol–water partition coefficient (Wildman–Crippen LogP) is 2.81. The van der Waals surface area contributed by atoms with Gasteiger partial charge in [0.15, 0.2) is 0 Å². The van der Waals surface area contributed by atoms with Gasteiger partial charge < -0.3 is 14.7 Å². The molecule has 0 radical (unpaired) electrons. The molecule has 0 saturated carbocycles. The highest BCUT2D eigenvalue weighted by Gasteiger charge is 2.38. The first kappa shape index (κ1) is 14.9. The maximum Gasteiger partial charge on any atom is 0.410 e. The number of amides is 1. The largest absolute Gasteiger partial charge is 0.445 e. The molecule has 1 amide bonds. The highest BCUT2D eigenvalue weighted by molar-refractivity contribution is 5.67. The van der Waals surface area contributed by atoms with Gasteiger partial charge in [-0.25, -0.2) is 4.79 Å². The highest BCUT2D eigenvalue weighted by atomic mass is 16.6. The lowest BCUT2D eigenvalue weighted by atomic mass is 9.80. The summed E-state index contributed by atoms with van der Waals surface area (Å²) < 4.78 is 5.32. The van der Waals surface area contributed by atoms with Crippen LogP contribution in [0.15, 0.2) is 30.3 Å². The van der Waals surface area contributed by atoms with E-state index in [2.05, 4.69) is 0 Å². The number of nitrogens with zero attached hydrogens (tertiary/aromatic N) is 1. The normalized spacial score (nSPS) is 26.4. The van der Waals surface area contributed by atoms with Crippen molar-refractivity contribution in [2.75, 3.05) is 13.1 Å². The summed E-state index contributed by atoms with van der Waals surface area (Å²) >= 11 is 0. The number of carbonyl (C=O) groups excluding carboxylic acids is 1. The highest BCUT2D eigenvalue weighted by Crippen LogP contribution is 2.30. The minimum absolute atomic E-state index is 0.0746. The van der Waals surface area contributed by atoms with E-state index in [0.29, 0.717) is 26.1 Å². The number of piperidine rings is 1. The van der Waals surface area contributed by atoms with Gasteiger partial charge in [-0.1, -0.05) is 44.2 Å². The van der Waals surface area contributed by atoms with Crippen molar-refractivity contribution in [2.45, 2.75) is 38.9 Å². The maximum absolute atomic E-state index is 12.0. The van der Waals surface area contributed by atoms with Crippen molar-refractivity contribution in [1.82, 2.24) is 4.90 Å². The third kappa shape index (κ3) is 3.31. The Morgan fingerprint density at radius 3 is 2.75 bits per heavy atom. The van der Waals surface area contributed by atoms with Crippen molar-refractivity contribution < 1.29 is 14.6 Å². The summed E-state index contributed by atoms with van der Waals surface area (Å²) in [5.41, 5.74) is 0.340. The molecule has 4 nitrogen and oxygen atoms in total. The molecule has 1 saturated heterocycles.